The third kappa shape index (κ3) is 3.55. The number of benzene rings is 1. The van der Waals surface area contributed by atoms with Gasteiger partial charge in [0.05, 0.1) is 0 Å². The van der Waals surface area contributed by atoms with E-state index in [9.17, 15) is 0 Å². The molecule has 2 heteroatoms. The molecule has 0 heterocycles. The topological polar surface area (TPSA) is 3.24 Å². The maximum Gasteiger partial charge on any atom is 0.0139 e. The molecule has 1 atom stereocenters. The average molecular weight is 276 g/mol. The molecule has 0 aromatic heterocycles. The van der Waals surface area contributed by atoms with E-state index in [2.05, 4.69) is 43.2 Å². The van der Waals surface area contributed by atoms with Crippen LogP contribution in [0.2, 0.25) is 0 Å². The third-order valence-electron chi connectivity index (χ3n) is 4.17. The van der Waals surface area contributed by atoms with Crippen LogP contribution < -0.4 is 0 Å². The first-order valence-corrected chi connectivity index (χ1v) is 8.91. The van der Waals surface area contributed by atoms with E-state index in [1.165, 1.54) is 50.1 Å². The van der Waals surface area contributed by atoms with E-state index >= 15 is 0 Å². The van der Waals surface area contributed by atoms with Gasteiger partial charge in [-0.1, -0.05) is 26.0 Å². The van der Waals surface area contributed by atoms with Crippen LogP contribution in [0.25, 0.3) is 0 Å². The minimum Gasteiger partial charge on any atom is -0.300 e. The predicted molar refractivity (Wildman–Crippen MR) is 86.2 cm³/mol. The summed E-state index contributed by atoms with van der Waals surface area (Å²) in [5.41, 5.74) is 3.22. The summed E-state index contributed by atoms with van der Waals surface area (Å²) in [6.45, 7) is 7.12. The van der Waals surface area contributed by atoms with Crippen LogP contribution in [0, 0.1) is 0 Å². The summed E-state index contributed by atoms with van der Waals surface area (Å²) in [5, 5.41) is 0. The zero-order valence-electron chi connectivity index (χ0n) is 12.6. The molecule has 0 spiro atoms. The second kappa shape index (κ2) is 7.35. The highest BCUT2D eigenvalue weighted by atomic mass is 32.2. The number of thioether (sulfide) groups is 1. The van der Waals surface area contributed by atoms with Gasteiger partial charge in [-0.2, -0.15) is 0 Å². The molecule has 0 amide bonds. The van der Waals surface area contributed by atoms with E-state index in [0.717, 1.165) is 6.04 Å². The number of aryl methyl sites for hydroxylation is 1. The molecule has 0 fully saturated rings. The van der Waals surface area contributed by atoms with Gasteiger partial charge < -0.3 is 4.90 Å². The molecule has 1 nitrogen and oxygen atoms in total. The minimum absolute atomic E-state index is 0.765. The van der Waals surface area contributed by atoms with Crippen molar-refractivity contribution in [2.24, 2.45) is 0 Å². The highest BCUT2D eigenvalue weighted by Gasteiger charge is 2.24. The van der Waals surface area contributed by atoms with Crippen LogP contribution in [-0.2, 0) is 12.8 Å². The van der Waals surface area contributed by atoms with Crippen molar-refractivity contribution in [2.75, 3.05) is 19.3 Å². The molecule has 0 N–H and O–H groups in total. The van der Waals surface area contributed by atoms with Crippen LogP contribution in [-0.4, -0.2) is 30.3 Å². The zero-order chi connectivity index (χ0) is 13.7. The second-order valence-corrected chi connectivity index (χ2v) is 6.38. The van der Waals surface area contributed by atoms with Crippen molar-refractivity contribution >= 4 is 11.8 Å². The maximum atomic E-state index is 2.72. The standard InChI is InChI=1S/C17H27NS/c1-4-11-18(12-5-2)15-10-9-14-7-6-8-17(19-3)16(14)13-15/h6-8,15H,4-5,9-13H2,1-3H3/i3-1. The van der Waals surface area contributed by atoms with E-state index in [4.69, 9.17) is 0 Å². The van der Waals surface area contributed by atoms with Crippen LogP contribution in [0.5, 0.6) is 0 Å². The molecule has 0 aliphatic heterocycles. The molecular formula is C17H27NS. The van der Waals surface area contributed by atoms with Gasteiger partial charge in [0, 0.05) is 10.9 Å². The van der Waals surface area contributed by atoms with E-state index in [1.807, 2.05) is 11.8 Å². The summed E-state index contributed by atoms with van der Waals surface area (Å²) in [4.78, 5) is 4.22. The molecular weight excluding hydrogens is 249 g/mol. The Labute approximate surface area is 122 Å². The first-order chi connectivity index (χ1) is 9.30. The molecule has 106 valence electrons. The summed E-state index contributed by atoms with van der Waals surface area (Å²) >= 11 is 1.91. The van der Waals surface area contributed by atoms with Crippen molar-refractivity contribution in [3.63, 3.8) is 0 Å². The monoisotopic (exact) mass is 276 g/mol. The fourth-order valence-corrected chi connectivity index (χ4v) is 3.97. The molecule has 19 heavy (non-hydrogen) atoms. The van der Waals surface area contributed by atoms with Crippen LogP contribution in [0.15, 0.2) is 23.1 Å². The SMILES string of the molecule is CCCN(CCC)C1CCc2cccc(S[11CH3])c2C1. The highest BCUT2D eigenvalue weighted by Crippen LogP contribution is 2.31. The van der Waals surface area contributed by atoms with E-state index < -0.39 is 0 Å². The average Bonchev–Trinajstić information content (AvgIpc) is 2.46. The molecule has 0 bridgehead atoms. The lowest BCUT2D eigenvalue weighted by atomic mass is 9.87. The lowest BCUT2D eigenvalue weighted by molar-refractivity contribution is 0.179. The lowest BCUT2D eigenvalue weighted by Gasteiger charge is -2.35. The summed E-state index contributed by atoms with van der Waals surface area (Å²) in [6.07, 6.45) is 8.60. The van der Waals surface area contributed by atoms with E-state index in [-0.39, 0.29) is 0 Å². The van der Waals surface area contributed by atoms with Crippen molar-refractivity contribution in [1.29, 1.82) is 0 Å². The fourth-order valence-electron chi connectivity index (χ4n) is 3.29. The smallest absolute Gasteiger partial charge is 0.0139 e. The number of rotatable bonds is 6. The van der Waals surface area contributed by atoms with Gasteiger partial charge in [-0.05, 0) is 68.6 Å². The number of hydrogen-bond acceptors (Lipinski definition) is 2. The van der Waals surface area contributed by atoms with Gasteiger partial charge >= 0.3 is 0 Å². The Morgan fingerprint density at radius 3 is 2.58 bits per heavy atom. The van der Waals surface area contributed by atoms with Crippen molar-refractivity contribution in [3.8, 4) is 0 Å². The molecule has 1 aromatic carbocycles. The molecule has 1 aliphatic carbocycles. The molecule has 2 rings (SSSR count). The van der Waals surface area contributed by atoms with E-state index in [1.54, 1.807) is 11.1 Å². The van der Waals surface area contributed by atoms with Gasteiger partial charge in [0.15, 0.2) is 0 Å². The van der Waals surface area contributed by atoms with Crippen LogP contribution in [0.3, 0.4) is 0 Å². The Bertz CT molecular complexity index is 382. The largest absolute Gasteiger partial charge is 0.300 e. The molecule has 1 unspecified atom stereocenters. The van der Waals surface area contributed by atoms with Crippen LogP contribution >= 0.6 is 11.8 Å². The van der Waals surface area contributed by atoms with Crippen molar-refractivity contribution in [1.82, 2.24) is 4.90 Å². The van der Waals surface area contributed by atoms with Gasteiger partial charge in [-0.3, -0.25) is 0 Å². The quantitative estimate of drug-likeness (QED) is 0.709. The maximum absolute atomic E-state index is 2.72. The van der Waals surface area contributed by atoms with Crippen LogP contribution in [0.4, 0.5) is 0 Å². The van der Waals surface area contributed by atoms with Crippen molar-refractivity contribution < 1.29 is 0 Å². The molecule has 0 saturated carbocycles. The van der Waals surface area contributed by atoms with Gasteiger partial charge in [0.2, 0.25) is 0 Å². The molecule has 0 saturated heterocycles. The third-order valence-corrected chi connectivity index (χ3v) is 5.00. The fraction of sp³-hybridized carbons (Fsp3) is 0.647. The van der Waals surface area contributed by atoms with Gasteiger partial charge in [-0.25, -0.2) is 0 Å². The summed E-state index contributed by atoms with van der Waals surface area (Å²) in [7, 11) is 0. The Morgan fingerprint density at radius 2 is 1.95 bits per heavy atom. The minimum atomic E-state index is 0.765. The van der Waals surface area contributed by atoms with Gasteiger partial charge in [-0.15, -0.1) is 11.8 Å². The molecule has 0 radical (unpaired) electrons. The number of hydrogen-bond donors (Lipinski definition) is 0. The first-order valence-electron chi connectivity index (χ1n) is 7.68. The zero-order valence-corrected chi connectivity index (χ0v) is 13.4. The van der Waals surface area contributed by atoms with E-state index in [0.29, 0.717) is 0 Å². The lowest BCUT2D eigenvalue weighted by Crippen LogP contribution is -2.40. The Morgan fingerprint density at radius 1 is 1.21 bits per heavy atom. The summed E-state index contributed by atoms with van der Waals surface area (Å²) < 4.78 is 0. The van der Waals surface area contributed by atoms with Gasteiger partial charge in [0.1, 0.15) is 0 Å². The second-order valence-electron chi connectivity index (χ2n) is 5.53. The highest BCUT2D eigenvalue weighted by molar-refractivity contribution is 7.98. The summed E-state index contributed by atoms with van der Waals surface area (Å²) in [5.74, 6) is 0. The first kappa shape index (κ1) is 14.9. The molecule has 1 aromatic rings. The molecule has 1 aliphatic rings. The summed E-state index contributed by atoms with van der Waals surface area (Å²) in [6, 6.07) is 7.60. The number of fused-ring (bicyclic) bond motifs is 1. The normalized spacial score (nSPS) is 18.6. The number of nitrogens with zero attached hydrogens (tertiary/aromatic N) is 1. The van der Waals surface area contributed by atoms with Gasteiger partial charge in [0.25, 0.3) is 0 Å². The predicted octanol–water partition coefficient (Wildman–Crippen LogP) is 4.39. The van der Waals surface area contributed by atoms with Crippen molar-refractivity contribution in [2.45, 2.75) is 56.9 Å². The Kier molecular flexibility index (Phi) is 5.77. The Hall–Kier alpha value is -0.470. The van der Waals surface area contributed by atoms with Crippen molar-refractivity contribution in [3.05, 3.63) is 29.3 Å². The van der Waals surface area contributed by atoms with Crippen LogP contribution in [0.1, 0.15) is 44.2 Å². The Balaban J connectivity index is 2.15.